The lowest BCUT2D eigenvalue weighted by molar-refractivity contribution is -0.137. The van der Waals surface area contributed by atoms with E-state index >= 15 is 0 Å². The molecule has 32 heavy (non-hydrogen) atoms. The van der Waals surface area contributed by atoms with Crippen molar-refractivity contribution in [3.63, 3.8) is 0 Å². The molecule has 3 aromatic rings. The fraction of sp³-hybridized carbons (Fsp3) is 0.143. The summed E-state index contributed by atoms with van der Waals surface area (Å²) in [4.78, 5) is 14.9. The second-order valence-electron chi connectivity index (χ2n) is 6.85. The maximum Gasteiger partial charge on any atom is 0.416 e. The van der Waals surface area contributed by atoms with E-state index < -0.39 is 33.5 Å². The third-order valence-electron chi connectivity index (χ3n) is 4.69. The second-order valence-corrected chi connectivity index (χ2v) is 8.90. The normalized spacial score (nSPS) is 12.2. The number of pyridine rings is 1. The Balaban J connectivity index is 2.02. The Hall–Kier alpha value is -3.31. The highest BCUT2D eigenvalue weighted by Crippen LogP contribution is 2.35. The number of rotatable bonds is 6. The van der Waals surface area contributed by atoms with Crippen molar-refractivity contribution in [3.05, 3.63) is 83.3 Å². The molecular formula is C21H17F4N3O3S. The Morgan fingerprint density at radius 3 is 2.31 bits per heavy atom. The minimum atomic E-state index is -4.68. The molecule has 0 spiro atoms. The Kier molecular flexibility index (Phi) is 6.33. The molecule has 1 heterocycles. The smallest absolute Gasteiger partial charge is 0.366 e. The van der Waals surface area contributed by atoms with Crippen molar-refractivity contribution in [2.45, 2.75) is 17.6 Å². The van der Waals surface area contributed by atoms with Crippen LogP contribution in [0.5, 0.6) is 0 Å². The van der Waals surface area contributed by atoms with Crippen LogP contribution in [0.2, 0.25) is 0 Å². The van der Waals surface area contributed by atoms with Gasteiger partial charge in [-0.05, 0) is 54.1 Å². The molecule has 0 saturated carbocycles. The monoisotopic (exact) mass is 467 g/mol. The minimum absolute atomic E-state index is 0.113. The largest absolute Gasteiger partial charge is 0.416 e. The van der Waals surface area contributed by atoms with Gasteiger partial charge in [-0.25, -0.2) is 12.8 Å². The molecule has 6 nitrogen and oxygen atoms in total. The lowest BCUT2D eigenvalue weighted by atomic mass is 10.00. The number of nitrogens with zero attached hydrogens (tertiary/aromatic N) is 2. The van der Waals surface area contributed by atoms with Gasteiger partial charge in [0.1, 0.15) is 11.5 Å². The Labute approximate surface area is 181 Å². The van der Waals surface area contributed by atoms with E-state index in [1.807, 2.05) is 0 Å². The van der Waals surface area contributed by atoms with E-state index in [0.717, 1.165) is 28.6 Å². The molecule has 0 bridgehead atoms. The van der Waals surface area contributed by atoms with Crippen LogP contribution < -0.4 is 5.73 Å². The molecule has 11 heteroatoms. The molecule has 1 amide bonds. The lowest BCUT2D eigenvalue weighted by Gasteiger charge is -2.20. The zero-order valence-electron chi connectivity index (χ0n) is 16.6. The van der Waals surface area contributed by atoms with Crippen LogP contribution in [0.1, 0.15) is 21.5 Å². The van der Waals surface area contributed by atoms with E-state index in [4.69, 9.17) is 5.73 Å². The van der Waals surface area contributed by atoms with E-state index in [1.54, 1.807) is 0 Å². The summed E-state index contributed by atoms with van der Waals surface area (Å²) in [7, 11) is -2.85. The third-order valence-corrected chi connectivity index (χ3v) is 6.51. The number of nitrogens with two attached hydrogens (primary N) is 1. The number of alkyl halides is 3. The van der Waals surface area contributed by atoms with Crippen LogP contribution in [0.15, 0.2) is 65.7 Å². The summed E-state index contributed by atoms with van der Waals surface area (Å²) < 4.78 is 80.7. The first-order chi connectivity index (χ1) is 14.9. The number of primary amides is 1. The molecule has 0 fully saturated rings. The molecule has 2 N–H and O–H groups in total. The second kappa shape index (κ2) is 8.67. The predicted molar refractivity (Wildman–Crippen MR) is 108 cm³/mol. The summed E-state index contributed by atoms with van der Waals surface area (Å²) >= 11 is 0. The standard InChI is InChI=1S/C21H17F4N3O3S/c1-28(32(30,31)16-8-5-13(6-9-16)20(26)29)12-14-4-7-15(21(23,24)25)11-17(14)19-18(22)3-2-10-27-19/h2-11H,12H2,1H3,(H2,26,29). The third kappa shape index (κ3) is 4.78. The molecule has 1 aromatic heterocycles. The van der Waals surface area contributed by atoms with Gasteiger partial charge in [-0.1, -0.05) is 6.07 Å². The number of halogens is 4. The van der Waals surface area contributed by atoms with Gasteiger partial charge >= 0.3 is 6.18 Å². The molecule has 168 valence electrons. The summed E-state index contributed by atoms with van der Waals surface area (Å²) in [6.45, 7) is -0.358. The fourth-order valence-corrected chi connectivity index (χ4v) is 4.14. The molecule has 0 radical (unpaired) electrons. The van der Waals surface area contributed by atoms with Crippen LogP contribution in [0.4, 0.5) is 17.6 Å². The van der Waals surface area contributed by atoms with Gasteiger partial charge in [0.15, 0.2) is 0 Å². The van der Waals surface area contributed by atoms with Gasteiger partial charge in [-0.15, -0.1) is 0 Å². The van der Waals surface area contributed by atoms with Gasteiger partial charge in [0.25, 0.3) is 0 Å². The summed E-state index contributed by atoms with van der Waals surface area (Å²) in [5.74, 6) is -1.57. The fourth-order valence-electron chi connectivity index (χ4n) is 2.99. The highest BCUT2D eigenvalue weighted by Gasteiger charge is 2.32. The van der Waals surface area contributed by atoms with Crippen LogP contribution >= 0.6 is 0 Å². The zero-order chi connectivity index (χ0) is 23.7. The van der Waals surface area contributed by atoms with Gasteiger partial charge in [0, 0.05) is 30.9 Å². The molecular weight excluding hydrogens is 450 g/mol. The zero-order valence-corrected chi connectivity index (χ0v) is 17.4. The first-order valence-electron chi connectivity index (χ1n) is 9.08. The van der Waals surface area contributed by atoms with Crippen molar-refractivity contribution in [3.8, 4) is 11.3 Å². The van der Waals surface area contributed by atoms with Crippen molar-refractivity contribution in [1.29, 1.82) is 0 Å². The van der Waals surface area contributed by atoms with Gasteiger partial charge in [0.05, 0.1) is 10.5 Å². The SMILES string of the molecule is CN(Cc1ccc(C(F)(F)F)cc1-c1ncccc1F)S(=O)(=O)c1ccc(C(N)=O)cc1. The van der Waals surface area contributed by atoms with E-state index in [1.165, 1.54) is 43.6 Å². The maximum absolute atomic E-state index is 14.3. The molecule has 0 aliphatic carbocycles. The molecule has 3 rings (SSSR count). The number of aromatic nitrogens is 1. The number of hydrogen-bond acceptors (Lipinski definition) is 4. The summed E-state index contributed by atoms with van der Waals surface area (Å²) in [5, 5.41) is 0. The van der Waals surface area contributed by atoms with Crippen molar-refractivity contribution in [2.75, 3.05) is 7.05 Å². The van der Waals surface area contributed by atoms with E-state index in [2.05, 4.69) is 4.98 Å². The average Bonchev–Trinajstić information content (AvgIpc) is 2.73. The number of hydrogen-bond donors (Lipinski definition) is 1. The Bertz CT molecular complexity index is 1260. The molecule has 0 unspecified atom stereocenters. The summed E-state index contributed by atoms with van der Waals surface area (Å²) in [5.41, 5.74) is 3.86. The molecule has 0 aliphatic rings. The Morgan fingerprint density at radius 1 is 1.09 bits per heavy atom. The molecule has 0 atom stereocenters. The number of carbonyl (C=O) groups excluding carboxylic acids is 1. The van der Waals surface area contributed by atoms with E-state index in [-0.39, 0.29) is 33.8 Å². The van der Waals surface area contributed by atoms with Crippen molar-refractivity contribution in [1.82, 2.24) is 9.29 Å². The summed E-state index contributed by atoms with van der Waals surface area (Å²) in [6, 6.07) is 9.84. The number of amides is 1. The number of carbonyl (C=O) groups is 1. The van der Waals surface area contributed by atoms with Crippen LogP contribution in [0.25, 0.3) is 11.3 Å². The van der Waals surface area contributed by atoms with Gasteiger partial charge in [-0.2, -0.15) is 17.5 Å². The first kappa shape index (κ1) is 23.4. The summed E-state index contributed by atoms with van der Waals surface area (Å²) in [6.07, 6.45) is -3.46. The first-order valence-corrected chi connectivity index (χ1v) is 10.5. The molecule has 0 saturated heterocycles. The van der Waals surface area contributed by atoms with Crippen molar-refractivity contribution < 1.29 is 30.8 Å². The van der Waals surface area contributed by atoms with Crippen LogP contribution in [0.3, 0.4) is 0 Å². The highest BCUT2D eigenvalue weighted by atomic mass is 32.2. The number of sulfonamides is 1. The van der Waals surface area contributed by atoms with Crippen molar-refractivity contribution >= 4 is 15.9 Å². The molecule has 2 aromatic carbocycles. The van der Waals surface area contributed by atoms with E-state index in [9.17, 15) is 30.8 Å². The number of benzene rings is 2. The van der Waals surface area contributed by atoms with Crippen molar-refractivity contribution in [2.24, 2.45) is 5.73 Å². The Morgan fingerprint density at radius 2 is 1.75 bits per heavy atom. The maximum atomic E-state index is 14.3. The van der Waals surface area contributed by atoms with Crippen LogP contribution in [0, 0.1) is 5.82 Å². The minimum Gasteiger partial charge on any atom is -0.366 e. The quantitative estimate of drug-likeness (QED) is 0.558. The average molecular weight is 467 g/mol. The van der Waals surface area contributed by atoms with Crippen LogP contribution in [-0.4, -0.2) is 30.7 Å². The van der Waals surface area contributed by atoms with E-state index in [0.29, 0.717) is 0 Å². The van der Waals surface area contributed by atoms with Gasteiger partial charge in [-0.3, -0.25) is 9.78 Å². The van der Waals surface area contributed by atoms with Crippen LogP contribution in [-0.2, 0) is 22.7 Å². The topological polar surface area (TPSA) is 93.4 Å². The lowest BCUT2D eigenvalue weighted by Crippen LogP contribution is -2.27. The predicted octanol–water partition coefficient (Wildman–Crippen LogP) is 3.83. The highest BCUT2D eigenvalue weighted by molar-refractivity contribution is 7.89. The van der Waals surface area contributed by atoms with Gasteiger partial charge < -0.3 is 5.73 Å². The molecule has 0 aliphatic heterocycles. The van der Waals surface area contributed by atoms with Gasteiger partial charge in [0.2, 0.25) is 15.9 Å².